The first-order valence-corrected chi connectivity index (χ1v) is 9.74. The highest BCUT2D eigenvalue weighted by molar-refractivity contribution is 5.95. The first-order chi connectivity index (χ1) is 15.0. The Morgan fingerprint density at radius 2 is 1.74 bits per heavy atom. The molecule has 1 heterocycles. The van der Waals surface area contributed by atoms with E-state index in [1.54, 1.807) is 36.4 Å². The summed E-state index contributed by atoms with van der Waals surface area (Å²) in [6, 6.07) is 20.9. The summed E-state index contributed by atoms with van der Waals surface area (Å²) < 4.78 is 18.8. The molecule has 1 N–H and O–H groups in total. The third-order valence-electron chi connectivity index (χ3n) is 4.79. The van der Waals surface area contributed by atoms with E-state index in [-0.39, 0.29) is 23.4 Å². The molecule has 156 valence electrons. The predicted molar refractivity (Wildman–Crippen MR) is 117 cm³/mol. The van der Waals surface area contributed by atoms with Crippen molar-refractivity contribution in [2.75, 3.05) is 19.0 Å². The molecule has 0 atom stereocenters. The van der Waals surface area contributed by atoms with E-state index >= 15 is 0 Å². The average molecular weight is 416 g/mol. The summed E-state index contributed by atoms with van der Waals surface area (Å²) in [6.45, 7) is 0.418. The topological polar surface area (TPSA) is 71.3 Å². The summed E-state index contributed by atoms with van der Waals surface area (Å²) in [5.74, 6) is -0.0408. The van der Waals surface area contributed by atoms with Crippen molar-refractivity contribution in [3.63, 3.8) is 0 Å². The van der Waals surface area contributed by atoms with Crippen LogP contribution in [0.1, 0.15) is 15.9 Å². The minimum atomic E-state index is -0.376. The number of hydrogen-bond donors (Lipinski definition) is 1. The van der Waals surface area contributed by atoms with Crippen LogP contribution in [0.15, 0.2) is 77.3 Å². The van der Waals surface area contributed by atoms with Gasteiger partial charge in [-0.3, -0.25) is 4.79 Å². The molecule has 1 aromatic heterocycles. The summed E-state index contributed by atoms with van der Waals surface area (Å²) in [6.07, 6.45) is 0. The lowest BCUT2D eigenvalue weighted by Crippen LogP contribution is -2.22. The molecule has 0 fully saturated rings. The highest BCUT2D eigenvalue weighted by atomic mass is 19.1. The fourth-order valence-corrected chi connectivity index (χ4v) is 3.08. The Balaban J connectivity index is 1.46. The smallest absolute Gasteiger partial charge is 0.258 e. The van der Waals surface area contributed by atoms with Crippen LogP contribution >= 0.6 is 0 Å². The minimum absolute atomic E-state index is 0.205. The number of rotatable bonds is 6. The molecule has 0 unspecified atom stereocenters. The normalized spacial score (nSPS) is 10.7. The van der Waals surface area contributed by atoms with Gasteiger partial charge in [-0.2, -0.15) is 4.98 Å². The van der Waals surface area contributed by atoms with Gasteiger partial charge in [0.25, 0.3) is 11.8 Å². The van der Waals surface area contributed by atoms with Crippen molar-refractivity contribution < 1.29 is 13.7 Å². The van der Waals surface area contributed by atoms with Gasteiger partial charge in [0.2, 0.25) is 5.82 Å². The molecule has 0 saturated heterocycles. The van der Waals surface area contributed by atoms with E-state index in [4.69, 9.17) is 4.52 Å². The van der Waals surface area contributed by atoms with E-state index < -0.39 is 0 Å². The van der Waals surface area contributed by atoms with Gasteiger partial charge in [-0.1, -0.05) is 35.5 Å². The van der Waals surface area contributed by atoms with E-state index in [0.29, 0.717) is 23.2 Å². The molecule has 0 spiro atoms. The predicted octanol–water partition coefficient (Wildman–Crippen LogP) is 4.54. The molecular formula is C24H21FN4O2. The number of aromatic nitrogens is 2. The number of carbonyl (C=O) groups excluding carboxylic acids is 1. The Labute approximate surface area is 179 Å². The maximum Gasteiger partial charge on any atom is 0.258 e. The number of hydrogen-bond acceptors (Lipinski definition) is 5. The zero-order valence-electron chi connectivity index (χ0n) is 17.2. The monoisotopic (exact) mass is 416 g/mol. The van der Waals surface area contributed by atoms with Crippen LogP contribution in [0.2, 0.25) is 0 Å². The van der Waals surface area contributed by atoms with Gasteiger partial charge in [0.15, 0.2) is 0 Å². The number of nitrogens with one attached hydrogen (secondary N) is 1. The lowest BCUT2D eigenvalue weighted by atomic mass is 10.1. The van der Waals surface area contributed by atoms with Crippen molar-refractivity contribution in [1.29, 1.82) is 0 Å². The molecular weight excluding hydrogens is 395 g/mol. The maximum atomic E-state index is 13.4. The van der Waals surface area contributed by atoms with Crippen LogP contribution < -0.4 is 10.2 Å². The molecule has 0 aliphatic heterocycles. The summed E-state index contributed by atoms with van der Waals surface area (Å²) >= 11 is 0. The number of nitrogens with zero attached hydrogens (tertiary/aromatic N) is 3. The number of halogens is 1. The largest absolute Gasteiger partial charge is 0.378 e. The molecule has 4 rings (SSSR count). The average Bonchev–Trinajstić information content (AvgIpc) is 3.28. The van der Waals surface area contributed by atoms with Crippen LogP contribution in [0.5, 0.6) is 0 Å². The summed E-state index contributed by atoms with van der Waals surface area (Å²) in [4.78, 5) is 19.0. The van der Waals surface area contributed by atoms with E-state index in [2.05, 4.69) is 15.5 Å². The quantitative estimate of drug-likeness (QED) is 0.500. The number of amides is 1. The number of benzene rings is 3. The molecule has 1 amide bonds. The van der Waals surface area contributed by atoms with Gasteiger partial charge in [-0.15, -0.1) is 0 Å². The van der Waals surface area contributed by atoms with Crippen LogP contribution in [0.25, 0.3) is 22.8 Å². The van der Waals surface area contributed by atoms with Crippen LogP contribution in [0.3, 0.4) is 0 Å². The van der Waals surface area contributed by atoms with Crippen LogP contribution in [-0.4, -0.2) is 30.1 Å². The van der Waals surface area contributed by atoms with Crippen molar-refractivity contribution >= 4 is 11.6 Å². The zero-order valence-corrected chi connectivity index (χ0v) is 17.2. The van der Waals surface area contributed by atoms with Crippen molar-refractivity contribution in [2.24, 2.45) is 0 Å². The van der Waals surface area contributed by atoms with Crippen LogP contribution in [-0.2, 0) is 6.54 Å². The Bertz CT molecular complexity index is 1200. The highest BCUT2D eigenvalue weighted by Crippen LogP contribution is 2.23. The molecule has 0 radical (unpaired) electrons. The van der Waals surface area contributed by atoms with Gasteiger partial charge in [-0.05, 0) is 48.0 Å². The molecule has 0 aliphatic carbocycles. The second-order valence-electron chi connectivity index (χ2n) is 7.26. The van der Waals surface area contributed by atoms with Crippen molar-refractivity contribution in [3.05, 3.63) is 89.7 Å². The number of carbonyl (C=O) groups is 1. The Morgan fingerprint density at radius 1 is 1.00 bits per heavy atom. The summed E-state index contributed by atoms with van der Waals surface area (Å²) in [5, 5.41) is 6.84. The third kappa shape index (κ3) is 4.78. The van der Waals surface area contributed by atoms with Crippen molar-refractivity contribution in [2.45, 2.75) is 6.54 Å². The molecule has 4 aromatic rings. The van der Waals surface area contributed by atoms with Gasteiger partial charge in [0, 0.05) is 43.0 Å². The molecule has 0 saturated carbocycles. The van der Waals surface area contributed by atoms with Crippen LogP contribution in [0, 0.1) is 5.82 Å². The lowest BCUT2D eigenvalue weighted by molar-refractivity contribution is 0.0951. The van der Waals surface area contributed by atoms with E-state index in [1.165, 1.54) is 12.1 Å². The highest BCUT2D eigenvalue weighted by Gasteiger charge is 2.13. The van der Waals surface area contributed by atoms with Crippen LogP contribution in [0.4, 0.5) is 10.1 Å². The van der Waals surface area contributed by atoms with Crippen molar-refractivity contribution in [1.82, 2.24) is 15.5 Å². The van der Waals surface area contributed by atoms with Gasteiger partial charge < -0.3 is 14.7 Å². The minimum Gasteiger partial charge on any atom is -0.378 e. The number of anilines is 1. The molecule has 7 heteroatoms. The van der Waals surface area contributed by atoms with Crippen molar-refractivity contribution in [3.8, 4) is 22.8 Å². The fraction of sp³-hybridized carbons (Fsp3) is 0.125. The molecule has 31 heavy (non-hydrogen) atoms. The Morgan fingerprint density at radius 3 is 2.48 bits per heavy atom. The first kappa shape index (κ1) is 20.3. The standard InChI is InChI=1S/C24H21FN4O2/c1-29(2)21-11-9-16(10-12-21)15-26-23(30)18-6-3-7-19(13-18)24-27-22(28-31-24)17-5-4-8-20(25)14-17/h3-14H,15H2,1-2H3,(H,26,30). The Kier molecular flexibility index (Phi) is 5.75. The first-order valence-electron chi connectivity index (χ1n) is 9.74. The molecule has 6 nitrogen and oxygen atoms in total. The van der Waals surface area contributed by atoms with Gasteiger partial charge in [0.1, 0.15) is 5.82 Å². The second kappa shape index (κ2) is 8.79. The van der Waals surface area contributed by atoms with E-state index in [0.717, 1.165) is 11.3 Å². The maximum absolute atomic E-state index is 13.4. The van der Waals surface area contributed by atoms with Gasteiger partial charge >= 0.3 is 0 Å². The molecule has 3 aromatic carbocycles. The zero-order chi connectivity index (χ0) is 21.8. The summed E-state index contributed by atoms with van der Waals surface area (Å²) in [5.41, 5.74) is 3.71. The summed E-state index contributed by atoms with van der Waals surface area (Å²) in [7, 11) is 3.96. The van der Waals surface area contributed by atoms with E-state index in [1.807, 2.05) is 43.3 Å². The lowest BCUT2D eigenvalue weighted by Gasteiger charge is -2.13. The van der Waals surface area contributed by atoms with Gasteiger partial charge in [-0.25, -0.2) is 4.39 Å². The molecule has 0 bridgehead atoms. The van der Waals surface area contributed by atoms with Gasteiger partial charge in [0.05, 0.1) is 0 Å². The Hall–Kier alpha value is -4.00. The second-order valence-corrected chi connectivity index (χ2v) is 7.26. The molecule has 0 aliphatic rings. The van der Waals surface area contributed by atoms with E-state index in [9.17, 15) is 9.18 Å². The fourth-order valence-electron chi connectivity index (χ4n) is 3.08. The third-order valence-corrected chi connectivity index (χ3v) is 4.79. The SMILES string of the molecule is CN(C)c1ccc(CNC(=O)c2cccc(-c3nc(-c4cccc(F)c4)no3)c2)cc1.